The molecule has 1 unspecified atom stereocenters. The van der Waals surface area contributed by atoms with Crippen LogP contribution in [0.25, 0.3) is 0 Å². The van der Waals surface area contributed by atoms with Crippen LogP contribution in [0.3, 0.4) is 0 Å². The lowest BCUT2D eigenvalue weighted by Gasteiger charge is -2.24. The number of hydrogen-bond donors (Lipinski definition) is 2. The number of rotatable bonds is 1. The van der Waals surface area contributed by atoms with E-state index in [2.05, 4.69) is 5.73 Å². The Hall–Kier alpha value is -1.29. The summed E-state index contributed by atoms with van der Waals surface area (Å²) in [6.45, 7) is 0.486. The number of halogens is 3. The van der Waals surface area contributed by atoms with Gasteiger partial charge in [0.05, 0.1) is 0 Å². The highest BCUT2D eigenvalue weighted by atomic mass is 19.4. The molecular formula is C5H6F3N3O. The first-order valence-electron chi connectivity index (χ1n) is 2.78. The normalized spacial score (nSPS) is 16.0. The molecule has 0 aliphatic carbocycles. The zero-order chi connectivity index (χ0) is 9.99. The number of amides is 1. The van der Waals surface area contributed by atoms with Crippen LogP contribution in [0.15, 0.2) is 0 Å². The fraction of sp³-hybridized carbons (Fsp3) is 0.600. The summed E-state index contributed by atoms with van der Waals surface area (Å²) in [5.41, 5.74) is 1.61. The molecule has 0 rings (SSSR count). The number of nitrogens with zero attached hydrogens (tertiary/aromatic N) is 1. The van der Waals surface area contributed by atoms with E-state index in [1.165, 1.54) is 5.32 Å². The first kappa shape index (κ1) is 10.7. The van der Waals surface area contributed by atoms with Gasteiger partial charge in [-0.25, -0.2) is 0 Å². The molecule has 0 spiro atoms. The fourth-order valence-electron chi connectivity index (χ4n) is 0.309. The quantitative estimate of drug-likeness (QED) is 0.436. The van der Waals surface area contributed by atoms with Crippen molar-refractivity contribution in [2.75, 3.05) is 0 Å². The standard InChI is InChI=1S/C5H6F3N3O/c1-4(10,5(6,7)8)3(12)11-2-9/h10H2,1H3,(H,11,12). The molecule has 0 aromatic carbocycles. The van der Waals surface area contributed by atoms with Gasteiger partial charge in [0, 0.05) is 0 Å². The minimum atomic E-state index is -4.87. The van der Waals surface area contributed by atoms with Gasteiger partial charge in [0.1, 0.15) is 0 Å². The first-order valence-corrected chi connectivity index (χ1v) is 2.78. The molecule has 0 aromatic heterocycles. The van der Waals surface area contributed by atoms with Gasteiger partial charge in [-0.2, -0.15) is 18.4 Å². The van der Waals surface area contributed by atoms with E-state index in [1.54, 1.807) is 0 Å². The highest BCUT2D eigenvalue weighted by Crippen LogP contribution is 2.27. The Morgan fingerprint density at radius 2 is 2.00 bits per heavy atom. The third-order valence-corrected chi connectivity index (χ3v) is 1.23. The van der Waals surface area contributed by atoms with Crippen molar-refractivity contribution in [2.45, 2.75) is 18.6 Å². The monoisotopic (exact) mass is 181 g/mol. The zero-order valence-corrected chi connectivity index (χ0v) is 6.07. The summed E-state index contributed by atoms with van der Waals surface area (Å²) in [7, 11) is 0. The van der Waals surface area contributed by atoms with Gasteiger partial charge in [-0.05, 0) is 6.92 Å². The zero-order valence-electron chi connectivity index (χ0n) is 6.07. The summed E-state index contributed by atoms with van der Waals surface area (Å²) in [5.74, 6) is -1.57. The summed E-state index contributed by atoms with van der Waals surface area (Å²) >= 11 is 0. The Kier molecular flexibility index (Phi) is 2.66. The maximum absolute atomic E-state index is 11.9. The molecule has 0 aromatic rings. The number of alkyl halides is 3. The third kappa shape index (κ3) is 1.85. The molecule has 0 saturated heterocycles. The fourth-order valence-corrected chi connectivity index (χ4v) is 0.309. The second-order valence-electron chi connectivity index (χ2n) is 2.27. The lowest BCUT2D eigenvalue weighted by Crippen LogP contribution is -2.60. The molecule has 1 atom stereocenters. The number of nitriles is 1. The summed E-state index contributed by atoms with van der Waals surface area (Å²) in [6, 6.07) is 0. The Morgan fingerprint density at radius 3 is 2.25 bits per heavy atom. The average molecular weight is 181 g/mol. The summed E-state index contributed by atoms with van der Waals surface area (Å²) in [6.07, 6.45) is -3.80. The van der Waals surface area contributed by atoms with Gasteiger partial charge in [0.2, 0.25) is 0 Å². The third-order valence-electron chi connectivity index (χ3n) is 1.23. The highest BCUT2D eigenvalue weighted by molar-refractivity contribution is 5.87. The van der Waals surface area contributed by atoms with Crippen molar-refractivity contribution in [1.29, 1.82) is 5.26 Å². The molecule has 1 amide bonds. The predicted octanol–water partition coefficient (Wildman–Crippen LogP) is -0.137. The van der Waals surface area contributed by atoms with Gasteiger partial charge in [-0.3, -0.25) is 10.1 Å². The van der Waals surface area contributed by atoms with Crippen LogP contribution in [0.5, 0.6) is 0 Å². The second-order valence-corrected chi connectivity index (χ2v) is 2.27. The van der Waals surface area contributed by atoms with Gasteiger partial charge in [0.15, 0.2) is 11.7 Å². The molecule has 0 saturated carbocycles. The van der Waals surface area contributed by atoms with Crippen LogP contribution in [-0.2, 0) is 4.79 Å². The van der Waals surface area contributed by atoms with E-state index in [0.29, 0.717) is 6.92 Å². The van der Waals surface area contributed by atoms with Gasteiger partial charge >= 0.3 is 6.18 Å². The van der Waals surface area contributed by atoms with Gasteiger partial charge < -0.3 is 5.73 Å². The van der Waals surface area contributed by atoms with E-state index in [4.69, 9.17) is 5.26 Å². The maximum Gasteiger partial charge on any atom is 0.415 e. The van der Waals surface area contributed by atoms with E-state index in [-0.39, 0.29) is 0 Å². The Bertz CT molecular complexity index is 227. The molecule has 4 nitrogen and oxygen atoms in total. The van der Waals surface area contributed by atoms with Crippen LogP contribution >= 0.6 is 0 Å². The van der Waals surface area contributed by atoms with Crippen molar-refractivity contribution < 1.29 is 18.0 Å². The minimum absolute atomic E-state index is 0.486. The summed E-state index contributed by atoms with van der Waals surface area (Å²) in [4.78, 5) is 10.5. The molecule has 0 aliphatic heterocycles. The van der Waals surface area contributed by atoms with Crippen LogP contribution in [0.1, 0.15) is 6.92 Å². The number of nitrogens with one attached hydrogen (secondary N) is 1. The molecule has 3 N–H and O–H groups in total. The molecule has 0 heterocycles. The van der Waals surface area contributed by atoms with Crippen molar-refractivity contribution in [3.8, 4) is 6.19 Å². The topological polar surface area (TPSA) is 78.9 Å². The van der Waals surface area contributed by atoms with Gasteiger partial charge in [-0.15, -0.1) is 0 Å². The second kappa shape index (κ2) is 2.98. The van der Waals surface area contributed by atoms with Crippen molar-refractivity contribution in [2.24, 2.45) is 5.73 Å². The Morgan fingerprint density at radius 1 is 1.58 bits per heavy atom. The lowest BCUT2D eigenvalue weighted by atomic mass is 10.0. The van der Waals surface area contributed by atoms with E-state index in [9.17, 15) is 18.0 Å². The summed E-state index contributed by atoms with van der Waals surface area (Å²) in [5, 5.41) is 9.17. The Balaban J connectivity index is 4.64. The van der Waals surface area contributed by atoms with Gasteiger partial charge in [0.25, 0.3) is 5.91 Å². The van der Waals surface area contributed by atoms with Crippen LogP contribution in [0.4, 0.5) is 13.2 Å². The first-order chi connectivity index (χ1) is 5.23. The van der Waals surface area contributed by atoms with Crippen molar-refractivity contribution in [3.05, 3.63) is 0 Å². The molecule has 12 heavy (non-hydrogen) atoms. The SMILES string of the molecule is CC(N)(C(=O)NC#N)C(F)(F)F. The average Bonchev–Trinajstić information content (AvgIpc) is 1.85. The Labute approximate surface area is 66.1 Å². The molecule has 0 bridgehead atoms. The predicted molar refractivity (Wildman–Crippen MR) is 32.4 cm³/mol. The van der Waals surface area contributed by atoms with Crippen molar-refractivity contribution in [1.82, 2.24) is 5.32 Å². The maximum atomic E-state index is 11.9. The van der Waals surface area contributed by atoms with E-state index < -0.39 is 17.6 Å². The molecule has 68 valence electrons. The van der Waals surface area contributed by atoms with Crippen LogP contribution in [0.2, 0.25) is 0 Å². The smallest absolute Gasteiger partial charge is 0.310 e. The van der Waals surface area contributed by atoms with Crippen LogP contribution < -0.4 is 11.1 Å². The lowest BCUT2D eigenvalue weighted by molar-refractivity contribution is -0.186. The number of nitrogens with two attached hydrogens (primary N) is 1. The molecule has 0 aliphatic rings. The number of hydrogen-bond acceptors (Lipinski definition) is 3. The highest BCUT2D eigenvalue weighted by Gasteiger charge is 2.53. The van der Waals surface area contributed by atoms with E-state index in [0.717, 1.165) is 6.19 Å². The van der Waals surface area contributed by atoms with Crippen molar-refractivity contribution in [3.63, 3.8) is 0 Å². The largest absolute Gasteiger partial charge is 0.415 e. The van der Waals surface area contributed by atoms with Crippen molar-refractivity contribution >= 4 is 5.91 Å². The number of carbonyl (C=O) groups is 1. The molecular weight excluding hydrogens is 175 g/mol. The molecule has 7 heteroatoms. The van der Waals surface area contributed by atoms with Crippen LogP contribution in [0, 0.1) is 11.5 Å². The molecule has 0 radical (unpaired) electrons. The van der Waals surface area contributed by atoms with Gasteiger partial charge in [-0.1, -0.05) is 0 Å². The van der Waals surface area contributed by atoms with E-state index >= 15 is 0 Å². The number of carbonyl (C=O) groups excluding carboxylic acids is 1. The van der Waals surface area contributed by atoms with E-state index in [1.807, 2.05) is 0 Å². The van der Waals surface area contributed by atoms with Crippen LogP contribution in [-0.4, -0.2) is 17.6 Å². The minimum Gasteiger partial charge on any atom is -0.310 e. The molecule has 0 fully saturated rings. The summed E-state index contributed by atoms with van der Waals surface area (Å²) < 4.78 is 35.7.